The second-order valence-corrected chi connectivity index (χ2v) is 8.74. The summed E-state index contributed by atoms with van der Waals surface area (Å²) in [4.78, 5) is 16.1. The van der Waals surface area contributed by atoms with Crippen LogP contribution in [0, 0.1) is 0 Å². The van der Waals surface area contributed by atoms with Crippen molar-refractivity contribution in [3.05, 3.63) is 86.6 Å². The SMILES string of the molecule is CN(C)c1ccc2c(c1)OC1=CC(N(C)C)C=CC1=C2c1cc(Cl)c(Cl)cc1C(=O)O. The highest BCUT2D eigenvalue weighted by Gasteiger charge is 2.30. The molecular weight excluding hydrogens is 435 g/mol. The Kier molecular flexibility index (Phi) is 5.60. The van der Waals surface area contributed by atoms with Crippen molar-refractivity contribution in [3.8, 4) is 5.75 Å². The maximum Gasteiger partial charge on any atom is 0.336 e. The van der Waals surface area contributed by atoms with Gasteiger partial charge in [0.15, 0.2) is 0 Å². The van der Waals surface area contributed by atoms with E-state index in [1.54, 1.807) is 6.07 Å². The third-order valence-electron chi connectivity index (χ3n) is 5.44. The highest BCUT2D eigenvalue weighted by Crippen LogP contribution is 2.46. The number of carboxylic acids is 1. The van der Waals surface area contributed by atoms with Gasteiger partial charge in [-0.25, -0.2) is 4.79 Å². The van der Waals surface area contributed by atoms with E-state index in [9.17, 15) is 9.90 Å². The lowest BCUT2D eigenvalue weighted by atomic mass is 9.85. The molecule has 7 heteroatoms. The number of aromatic carboxylic acids is 1. The summed E-state index contributed by atoms with van der Waals surface area (Å²) in [5, 5.41) is 10.4. The molecule has 2 aromatic carbocycles. The molecule has 1 aliphatic carbocycles. The lowest BCUT2D eigenvalue weighted by Crippen LogP contribution is -2.27. The molecule has 0 amide bonds. The van der Waals surface area contributed by atoms with Gasteiger partial charge in [-0.2, -0.15) is 0 Å². The summed E-state index contributed by atoms with van der Waals surface area (Å²) in [6.45, 7) is 0. The average Bonchev–Trinajstić information content (AvgIpc) is 2.72. The predicted molar refractivity (Wildman–Crippen MR) is 126 cm³/mol. The number of fused-ring (bicyclic) bond motifs is 2. The second-order valence-electron chi connectivity index (χ2n) is 7.93. The maximum atomic E-state index is 12.1. The van der Waals surface area contributed by atoms with Crippen molar-refractivity contribution in [2.24, 2.45) is 0 Å². The van der Waals surface area contributed by atoms with Crippen molar-refractivity contribution in [1.29, 1.82) is 0 Å². The molecule has 0 radical (unpaired) electrons. The van der Waals surface area contributed by atoms with Crippen LogP contribution in [0.15, 0.2) is 59.9 Å². The summed E-state index contributed by atoms with van der Waals surface area (Å²) in [6, 6.07) is 8.96. The number of allylic oxidation sites excluding steroid dienone is 1. The minimum atomic E-state index is -1.07. The summed E-state index contributed by atoms with van der Waals surface area (Å²) >= 11 is 12.5. The van der Waals surface area contributed by atoms with E-state index in [0.29, 0.717) is 22.1 Å². The van der Waals surface area contributed by atoms with E-state index in [4.69, 9.17) is 27.9 Å². The van der Waals surface area contributed by atoms with Crippen LogP contribution in [-0.4, -0.2) is 50.2 Å². The number of anilines is 1. The van der Waals surface area contributed by atoms with Gasteiger partial charge in [0, 0.05) is 48.6 Å². The number of benzene rings is 2. The van der Waals surface area contributed by atoms with Gasteiger partial charge >= 0.3 is 5.97 Å². The first-order chi connectivity index (χ1) is 14.7. The highest BCUT2D eigenvalue weighted by atomic mass is 35.5. The zero-order chi connectivity index (χ0) is 22.4. The van der Waals surface area contributed by atoms with Crippen LogP contribution in [0.1, 0.15) is 21.5 Å². The normalized spacial score (nSPS) is 17.1. The first kappa shape index (κ1) is 21.5. The van der Waals surface area contributed by atoms with Gasteiger partial charge < -0.3 is 14.7 Å². The number of carboxylic acid groups (broad SMARTS) is 1. The number of rotatable bonds is 4. The molecule has 0 fully saturated rings. The molecule has 0 bridgehead atoms. The van der Waals surface area contributed by atoms with E-state index in [-0.39, 0.29) is 16.6 Å². The van der Waals surface area contributed by atoms with Gasteiger partial charge in [-0.3, -0.25) is 4.90 Å². The van der Waals surface area contributed by atoms with Crippen molar-refractivity contribution < 1.29 is 14.6 Å². The first-order valence-electron chi connectivity index (χ1n) is 9.70. The van der Waals surface area contributed by atoms with Gasteiger partial charge in [-0.05, 0) is 50.0 Å². The zero-order valence-electron chi connectivity index (χ0n) is 17.6. The highest BCUT2D eigenvalue weighted by molar-refractivity contribution is 6.42. The van der Waals surface area contributed by atoms with Crippen molar-refractivity contribution in [1.82, 2.24) is 4.90 Å². The molecule has 31 heavy (non-hydrogen) atoms. The van der Waals surface area contributed by atoms with Crippen LogP contribution in [0.4, 0.5) is 5.69 Å². The monoisotopic (exact) mass is 456 g/mol. The molecule has 5 nitrogen and oxygen atoms in total. The molecule has 1 N–H and O–H groups in total. The number of nitrogens with zero attached hydrogens (tertiary/aromatic N) is 2. The summed E-state index contributed by atoms with van der Waals surface area (Å²) in [5.74, 6) is 0.268. The molecule has 0 spiro atoms. The van der Waals surface area contributed by atoms with Crippen LogP contribution in [0.25, 0.3) is 5.57 Å². The van der Waals surface area contributed by atoms with E-state index < -0.39 is 5.97 Å². The van der Waals surface area contributed by atoms with Crippen LogP contribution in [-0.2, 0) is 0 Å². The minimum absolute atomic E-state index is 0.0614. The van der Waals surface area contributed by atoms with Gasteiger partial charge in [0.2, 0.25) is 0 Å². The number of carbonyl (C=O) groups is 1. The second kappa shape index (κ2) is 8.08. The standard InChI is InChI=1S/C24H22Cl2N2O3/c1-27(2)13-5-7-15-21(9-13)31-22-10-14(28(3)4)6-8-16(22)23(15)17-11-19(25)20(26)12-18(17)24(29)30/h5-13H,1-4H3,(H,29,30). The van der Waals surface area contributed by atoms with Crippen LogP contribution in [0.3, 0.4) is 0 Å². The molecular formula is C24H22Cl2N2O3. The molecule has 160 valence electrons. The lowest BCUT2D eigenvalue weighted by Gasteiger charge is -2.31. The number of ether oxygens (including phenoxy) is 1. The first-order valence-corrected chi connectivity index (χ1v) is 10.5. The molecule has 1 aliphatic heterocycles. The van der Waals surface area contributed by atoms with Gasteiger partial charge in [-0.15, -0.1) is 0 Å². The molecule has 2 aromatic rings. The fourth-order valence-electron chi connectivity index (χ4n) is 3.76. The molecule has 4 rings (SSSR count). The van der Waals surface area contributed by atoms with E-state index in [1.807, 2.05) is 63.4 Å². The number of halogens is 2. The van der Waals surface area contributed by atoms with Crippen molar-refractivity contribution in [2.75, 3.05) is 33.1 Å². The van der Waals surface area contributed by atoms with Crippen LogP contribution < -0.4 is 9.64 Å². The smallest absolute Gasteiger partial charge is 0.336 e. The van der Waals surface area contributed by atoms with Crippen molar-refractivity contribution >= 4 is 40.4 Å². The van der Waals surface area contributed by atoms with E-state index in [0.717, 1.165) is 22.4 Å². The Morgan fingerprint density at radius 3 is 2.39 bits per heavy atom. The number of hydrogen-bond donors (Lipinski definition) is 1. The Hall–Kier alpha value is -2.73. The fourth-order valence-corrected chi connectivity index (χ4v) is 4.09. The van der Waals surface area contributed by atoms with Crippen LogP contribution >= 0.6 is 23.2 Å². The Balaban J connectivity index is 2.04. The number of likely N-dealkylation sites (N-methyl/N-ethyl adjacent to an activating group) is 1. The molecule has 1 atom stereocenters. The quantitative estimate of drug-likeness (QED) is 0.672. The summed E-state index contributed by atoms with van der Waals surface area (Å²) in [5.41, 5.74) is 3.92. The Morgan fingerprint density at radius 1 is 1.03 bits per heavy atom. The molecule has 0 aromatic heterocycles. The Labute approximate surface area is 191 Å². The summed E-state index contributed by atoms with van der Waals surface area (Å²) in [6.07, 6.45) is 6.06. The van der Waals surface area contributed by atoms with E-state index in [2.05, 4.69) is 11.0 Å². The van der Waals surface area contributed by atoms with Crippen molar-refractivity contribution in [2.45, 2.75) is 6.04 Å². The molecule has 0 saturated heterocycles. The largest absolute Gasteiger partial charge is 0.478 e. The third-order valence-corrected chi connectivity index (χ3v) is 6.17. The third kappa shape index (κ3) is 3.85. The van der Waals surface area contributed by atoms with E-state index >= 15 is 0 Å². The zero-order valence-corrected chi connectivity index (χ0v) is 19.1. The van der Waals surface area contributed by atoms with Gasteiger partial charge in [0.1, 0.15) is 11.5 Å². The summed E-state index contributed by atoms with van der Waals surface area (Å²) < 4.78 is 6.31. The maximum absolute atomic E-state index is 12.1. The average molecular weight is 457 g/mol. The van der Waals surface area contributed by atoms with Crippen LogP contribution in [0.5, 0.6) is 5.75 Å². The predicted octanol–water partition coefficient (Wildman–Crippen LogP) is 5.34. The van der Waals surface area contributed by atoms with Gasteiger partial charge in [0.25, 0.3) is 0 Å². The van der Waals surface area contributed by atoms with Gasteiger partial charge in [-0.1, -0.05) is 35.4 Å². The van der Waals surface area contributed by atoms with E-state index in [1.165, 1.54) is 6.07 Å². The molecule has 0 saturated carbocycles. The Morgan fingerprint density at radius 2 is 1.74 bits per heavy atom. The fraction of sp³-hybridized carbons (Fsp3) is 0.208. The number of hydrogen-bond acceptors (Lipinski definition) is 4. The minimum Gasteiger partial charge on any atom is -0.478 e. The lowest BCUT2D eigenvalue weighted by molar-refractivity contribution is 0.0696. The van der Waals surface area contributed by atoms with Crippen molar-refractivity contribution in [3.63, 3.8) is 0 Å². The molecule has 2 aliphatic rings. The Bertz CT molecular complexity index is 1180. The molecule has 1 unspecified atom stereocenters. The summed E-state index contributed by atoms with van der Waals surface area (Å²) in [7, 11) is 7.89. The molecule has 1 heterocycles. The topological polar surface area (TPSA) is 53.0 Å². The van der Waals surface area contributed by atoms with Gasteiger partial charge in [0.05, 0.1) is 15.6 Å². The van der Waals surface area contributed by atoms with Crippen LogP contribution in [0.2, 0.25) is 10.0 Å².